The Morgan fingerprint density at radius 1 is 1.32 bits per heavy atom. The van der Waals surface area contributed by atoms with E-state index in [1.165, 1.54) is 6.20 Å². The second-order valence-electron chi connectivity index (χ2n) is 7.02. The Morgan fingerprint density at radius 3 is 2.52 bits per heavy atom. The van der Waals surface area contributed by atoms with Crippen LogP contribution in [0.2, 0.25) is 0 Å². The predicted molar refractivity (Wildman–Crippen MR) is 93.4 cm³/mol. The number of carbonyl (C=O) groups excluding carboxylic acids is 1. The average molecular weight is 369 g/mol. The summed E-state index contributed by atoms with van der Waals surface area (Å²) in [5.41, 5.74) is 0. The minimum atomic E-state index is -3.67. The molecule has 0 saturated carbocycles. The van der Waals surface area contributed by atoms with Gasteiger partial charge in [0, 0.05) is 39.3 Å². The van der Waals surface area contributed by atoms with Gasteiger partial charge in [0.05, 0.1) is 0 Å². The molecule has 2 N–H and O–H groups in total. The van der Waals surface area contributed by atoms with E-state index in [1.807, 2.05) is 4.90 Å². The highest BCUT2D eigenvalue weighted by Crippen LogP contribution is 2.27. The van der Waals surface area contributed by atoms with Crippen molar-refractivity contribution in [3.05, 3.63) is 12.0 Å². The number of nitrogens with one attached hydrogen (secondary N) is 2. The third-order valence-corrected chi connectivity index (χ3v) is 6.70. The molecule has 8 nitrogen and oxygen atoms in total. The number of rotatable bonds is 5. The summed E-state index contributed by atoms with van der Waals surface area (Å²) in [5.74, 6) is 1.99. The molecule has 25 heavy (non-hydrogen) atoms. The smallest absolute Gasteiger partial charge is 0.259 e. The number of carbonyl (C=O) groups is 1. The zero-order valence-corrected chi connectivity index (χ0v) is 15.7. The van der Waals surface area contributed by atoms with Gasteiger partial charge in [-0.2, -0.15) is 0 Å². The fraction of sp³-hybridized carbons (Fsp3) is 0.750. The topological polar surface area (TPSA) is 96.3 Å². The number of aryl methyl sites for hydroxylation is 2. The molecule has 2 aliphatic heterocycles. The van der Waals surface area contributed by atoms with Gasteiger partial charge >= 0.3 is 0 Å². The van der Waals surface area contributed by atoms with Crippen molar-refractivity contribution in [3.8, 4) is 0 Å². The van der Waals surface area contributed by atoms with Crippen LogP contribution in [0.5, 0.6) is 0 Å². The molecule has 140 valence electrons. The first-order valence-electron chi connectivity index (χ1n) is 8.85. The minimum absolute atomic E-state index is 0.00459. The number of imidazole rings is 1. The summed E-state index contributed by atoms with van der Waals surface area (Å²) in [4.78, 5) is 18.3. The van der Waals surface area contributed by atoms with E-state index in [0.29, 0.717) is 17.7 Å². The van der Waals surface area contributed by atoms with Crippen LogP contribution in [0.25, 0.3) is 0 Å². The molecule has 0 aliphatic carbocycles. The van der Waals surface area contributed by atoms with Crippen LogP contribution in [0.3, 0.4) is 0 Å². The molecule has 2 aliphatic rings. The lowest BCUT2D eigenvalue weighted by molar-refractivity contribution is -0.131. The van der Waals surface area contributed by atoms with Crippen LogP contribution in [0.15, 0.2) is 11.2 Å². The molecule has 2 fully saturated rings. The van der Waals surface area contributed by atoms with E-state index in [2.05, 4.69) is 15.0 Å². The second kappa shape index (κ2) is 7.43. The van der Waals surface area contributed by atoms with E-state index in [4.69, 9.17) is 0 Å². The van der Waals surface area contributed by atoms with Gasteiger partial charge in [0.15, 0.2) is 5.03 Å². The molecule has 1 aromatic heterocycles. The molecule has 0 bridgehead atoms. The maximum Gasteiger partial charge on any atom is 0.259 e. The highest BCUT2D eigenvalue weighted by molar-refractivity contribution is 7.89. The summed E-state index contributed by atoms with van der Waals surface area (Å²) < 4.78 is 28.6. The number of likely N-dealkylation sites (tertiary alicyclic amines) is 1. The van der Waals surface area contributed by atoms with Gasteiger partial charge in [-0.3, -0.25) is 4.79 Å². The molecule has 1 amide bonds. The molecule has 0 spiro atoms. The van der Waals surface area contributed by atoms with Gasteiger partial charge in [0.2, 0.25) is 5.91 Å². The molecule has 0 unspecified atom stereocenters. The summed E-state index contributed by atoms with van der Waals surface area (Å²) >= 11 is 0. The third-order valence-electron chi connectivity index (χ3n) is 5.36. The van der Waals surface area contributed by atoms with Gasteiger partial charge in [-0.15, -0.1) is 0 Å². The quantitative estimate of drug-likeness (QED) is 0.753. The van der Waals surface area contributed by atoms with Crippen LogP contribution < -0.4 is 10.0 Å². The molecule has 0 radical (unpaired) electrons. The zero-order chi connectivity index (χ0) is 18.0. The fourth-order valence-corrected chi connectivity index (χ4v) is 4.72. The van der Waals surface area contributed by atoms with Crippen molar-refractivity contribution in [3.63, 3.8) is 0 Å². The molecular weight excluding hydrogens is 342 g/mol. The van der Waals surface area contributed by atoms with E-state index < -0.39 is 10.0 Å². The molecular formula is C16H27N5O3S. The normalized spacial score (nSPS) is 24.2. The highest BCUT2D eigenvalue weighted by atomic mass is 32.2. The van der Waals surface area contributed by atoms with Crippen molar-refractivity contribution in [2.75, 3.05) is 32.7 Å². The highest BCUT2D eigenvalue weighted by Gasteiger charge is 2.31. The first-order valence-corrected chi connectivity index (χ1v) is 10.3. The number of hydrogen-bond donors (Lipinski definition) is 2. The number of hydrogen-bond acceptors (Lipinski definition) is 5. The first kappa shape index (κ1) is 18.3. The second-order valence-corrected chi connectivity index (χ2v) is 8.74. The molecule has 1 aromatic rings. The zero-order valence-electron chi connectivity index (χ0n) is 14.9. The fourth-order valence-electron chi connectivity index (χ4n) is 3.65. The first-order chi connectivity index (χ1) is 11.9. The predicted octanol–water partition coefficient (Wildman–Crippen LogP) is -0.145. The number of fused-ring (bicyclic) bond motifs is 1. The van der Waals surface area contributed by atoms with Crippen molar-refractivity contribution < 1.29 is 13.2 Å². The minimum Gasteiger partial charge on any atom is -0.343 e. The average Bonchev–Trinajstić information content (AvgIpc) is 3.09. The maximum atomic E-state index is 12.4. The standard InChI is InChI=1S/C16H27N5O3S/c1-12-19-15(11-20(12)2)25(23,24)18-6-3-16(22)21-7-4-13-9-17-10-14(13)5-8-21/h11,13-14,17-18H,3-10H2,1-2H3/t13-,14+. The Hall–Kier alpha value is -1.45. The number of aromatic nitrogens is 2. The summed E-state index contributed by atoms with van der Waals surface area (Å²) in [6.07, 6.45) is 3.71. The lowest BCUT2D eigenvalue weighted by Gasteiger charge is -2.21. The lowest BCUT2D eigenvalue weighted by atomic mass is 9.92. The molecule has 3 rings (SSSR count). The Morgan fingerprint density at radius 2 is 1.96 bits per heavy atom. The number of amides is 1. The molecule has 2 saturated heterocycles. The molecule has 2 atom stereocenters. The van der Waals surface area contributed by atoms with Crippen LogP contribution in [0.4, 0.5) is 0 Å². The Balaban J connectivity index is 1.49. The summed E-state index contributed by atoms with van der Waals surface area (Å²) in [7, 11) is -1.92. The maximum absolute atomic E-state index is 12.4. The van der Waals surface area contributed by atoms with Gasteiger partial charge in [-0.05, 0) is 44.7 Å². The van der Waals surface area contributed by atoms with Gasteiger partial charge in [-0.25, -0.2) is 18.1 Å². The van der Waals surface area contributed by atoms with Gasteiger partial charge in [0.25, 0.3) is 10.0 Å². The largest absolute Gasteiger partial charge is 0.343 e. The lowest BCUT2D eigenvalue weighted by Crippen LogP contribution is -2.35. The Bertz CT molecular complexity index is 697. The number of sulfonamides is 1. The van der Waals surface area contributed by atoms with Gasteiger partial charge in [0.1, 0.15) is 5.82 Å². The Labute approximate surface area is 149 Å². The molecule has 3 heterocycles. The van der Waals surface area contributed by atoms with E-state index in [-0.39, 0.29) is 23.9 Å². The van der Waals surface area contributed by atoms with E-state index in [0.717, 1.165) is 39.0 Å². The van der Waals surface area contributed by atoms with Crippen molar-refractivity contribution >= 4 is 15.9 Å². The van der Waals surface area contributed by atoms with Crippen molar-refractivity contribution in [2.45, 2.75) is 31.2 Å². The number of nitrogens with zero attached hydrogens (tertiary/aromatic N) is 3. The van der Waals surface area contributed by atoms with Crippen molar-refractivity contribution in [1.29, 1.82) is 0 Å². The molecule has 9 heteroatoms. The third kappa shape index (κ3) is 4.21. The Kier molecular flexibility index (Phi) is 5.45. The van der Waals surface area contributed by atoms with Crippen molar-refractivity contribution in [1.82, 2.24) is 24.5 Å². The van der Waals surface area contributed by atoms with Gasteiger partial charge in [-0.1, -0.05) is 0 Å². The van der Waals surface area contributed by atoms with Crippen molar-refractivity contribution in [2.24, 2.45) is 18.9 Å². The SMILES string of the molecule is Cc1nc(S(=O)(=O)NCCC(=O)N2CC[C@@H]3CNC[C@@H]3CC2)cn1C. The van der Waals surface area contributed by atoms with Crippen LogP contribution >= 0.6 is 0 Å². The molecule has 0 aromatic carbocycles. The summed E-state index contributed by atoms with van der Waals surface area (Å²) in [6, 6.07) is 0. The van der Waals surface area contributed by atoms with Gasteiger partial charge < -0.3 is 14.8 Å². The van der Waals surface area contributed by atoms with Crippen LogP contribution in [0, 0.1) is 18.8 Å². The summed E-state index contributed by atoms with van der Waals surface area (Å²) in [6.45, 7) is 5.49. The van der Waals surface area contributed by atoms with E-state index in [1.54, 1.807) is 18.5 Å². The van der Waals surface area contributed by atoms with E-state index in [9.17, 15) is 13.2 Å². The summed E-state index contributed by atoms with van der Waals surface area (Å²) in [5, 5.41) is 3.42. The van der Waals surface area contributed by atoms with Crippen LogP contribution in [-0.2, 0) is 21.9 Å². The van der Waals surface area contributed by atoms with E-state index >= 15 is 0 Å². The van der Waals surface area contributed by atoms with Crippen LogP contribution in [-0.4, -0.2) is 61.5 Å². The monoisotopic (exact) mass is 369 g/mol. The van der Waals surface area contributed by atoms with Crippen LogP contribution in [0.1, 0.15) is 25.1 Å².